The first-order chi connectivity index (χ1) is 9.36. The molecule has 0 amide bonds. The molecule has 1 aliphatic carbocycles. The quantitative estimate of drug-likeness (QED) is 0.928. The first-order valence-corrected chi connectivity index (χ1v) is 8.42. The maximum absolute atomic E-state index is 12.3. The van der Waals surface area contributed by atoms with Gasteiger partial charge in [0.25, 0.3) is 0 Å². The number of halogens is 1. The first kappa shape index (κ1) is 15.3. The zero-order valence-electron chi connectivity index (χ0n) is 11.3. The maximum Gasteiger partial charge on any atom is 0.242 e. The van der Waals surface area contributed by atoms with E-state index in [0.29, 0.717) is 6.54 Å². The highest BCUT2D eigenvalue weighted by molar-refractivity contribution is 7.89. The van der Waals surface area contributed by atoms with Gasteiger partial charge in [-0.1, -0.05) is 31.4 Å². The molecule has 20 heavy (non-hydrogen) atoms. The standard InChI is InChI=1S/C14H17ClN2O2S/c1-14(6-2-3-7-14)10-17-20(18,19)13-8-11(9-16)4-5-12(13)15/h4-5,8,17H,2-3,6-7,10H2,1H3. The first-order valence-electron chi connectivity index (χ1n) is 6.56. The molecule has 2 rings (SSSR count). The number of hydrogen-bond acceptors (Lipinski definition) is 3. The summed E-state index contributed by atoms with van der Waals surface area (Å²) in [7, 11) is -3.68. The number of nitriles is 1. The van der Waals surface area contributed by atoms with Gasteiger partial charge in [-0.3, -0.25) is 0 Å². The smallest absolute Gasteiger partial charge is 0.211 e. The summed E-state index contributed by atoms with van der Waals surface area (Å²) >= 11 is 5.94. The molecular weight excluding hydrogens is 296 g/mol. The van der Waals surface area contributed by atoms with E-state index < -0.39 is 10.0 Å². The third-order valence-corrected chi connectivity index (χ3v) is 5.73. The molecule has 4 nitrogen and oxygen atoms in total. The molecule has 0 spiro atoms. The topological polar surface area (TPSA) is 70.0 Å². The third-order valence-electron chi connectivity index (χ3n) is 3.85. The highest BCUT2D eigenvalue weighted by atomic mass is 35.5. The fraction of sp³-hybridized carbons (Fsp3) is 0.500. The van der Waals surface area contributed by atoms with Gasteiger partial charge in [0.05, 0.1) is 16.7 Å². The van der Waals surface area contributed by atoms with Gasteiger partial charge in [0.1, 0.15) is 4.90 Å². The van der Waals surface area contributed by atoms with Crippen molar-refractivity contribution < 1.29 is 8.42 Å². The van der Waals surface area contributed by atoms with Crippen LogP contribution in [0, 0.1) is 16.7 Å². The van der Waals surface area contributed by atoms with Crippen molar-refractivity contribution in [2.24, 2.45) is 5.41 Å². The Kier molecular flexibility index (Phi) is 4.38. The molecule has 1 N–H and O–H groups in total. The van der Waals surface area contributed by atoms with Crippen LogP contribution in [0.4, 0.5) is 0 Å². The summed E-state index contributed by atoms with van der Waals surface area (Å²) in [6, 6.07) is 6.16. The Morgan fingerprint density at radius 3 is 2.65 bits per heavy atom. The molecule has 0 heterocycles. The van der Waals surface area contributed by atoms with Gasteiger partial charge < -0.3 is 0 Å². The van der Waals surface area contributed by atoms with E-state index in [0.717, 1.165) is 25.7 Å². The van der Waals surface area contributed by atoms with E-state index in [1.807, 2.05) is 6.07 Å². The van der Waals surface area contributed by atoms with Crippen molar-refractivity contribution in [2.45, 2.75) is 37.5 Å². The molecule has 0 bridgehead atoms. The summed E-state index contributed by atoms with van der Waals surface area (Å²) < 4.78 is 27.3. The number of rotatable bonds is 4. The number of sulfonamides is 1. The zero-order chi connectivity index (χ0) is 14.8. The van der Waals surface area contributed by atoms with Crippen molar-refractivity contribution in [3.63, 3.8) is 0 Å². The second kappa shape index (κ2) is 5.72. The molecule has 0 radical (unpaired) electrons. The minimum atomic E-state index is -3.68. The van der Waals surface area contributed by atoms with E-state index in [-0.39, 0.29) is 20.9 Å². The Labute approximate surface area is 124 Å². The van der Waals surface area contributed by atoms with Crippen LogP contribution >= 0.6 is 11.6 Å². The van der Waals surface area contributed by atoms with Gasteiger partial charge in [-0.2, -0.15) is 5.26 Å². The minimum absolute atomic E-state index is 0.0202. The van der Waals surface area contributed by atoms with Gasteiger partial charge in [0.15, 0.2) is 0 Å². The number of benzene rings is 1. The highest BCUT2D eigenvalue weighted by Crippen LogP contribution is 2.37. The Morgan fingerprint density at radius 1 is 1.40 bits per heavy atom. The van der Waals surface area contributed by atoms with Gasteiger partial charge in [-0.25, -0.2) is 13.1 Å². The van der Waals surface area contributed by atoms with Crippen molar-refractivity contribution >= 4 is 21.6 Å². The van der Waals surface area contributed by atoms with Gasteiger partial charge in [0, 0.05) is 6.54 Å². The van der Waals surface area contributed by atoms with E-state index in [2.05, 4.69) is 11.6 Å². The molecule has 0 saturated heterocycles. The summed E-state index contributed by atoms with van der Waals surface area (Å²) in [5.41, 5.74) is 0.300. The van der Waals surface area contributed by atoms with Crippen molar-refractivity contribution in [1.29, 1.82) is 5.26 Å². The lowest BCUT2D eigenvalue weighted by Crippen LogP contribution is -2.34. The average Bonchev–Trinajstić information content (AvgIpc) is 2.85. The summed E-state index contributed by atoms with van der Waals surface area (Å²) in [5, 5.41) is 8.99. The molecular formula is C14H17ClN2O2S. The van der Waals surface area contributed by atoms with E-state index in [4.69, 9.17) is 16.9 Å². The normalized spacial score (nSPS) is 17.9. The van der Waals surface area contributed by atoms with Crippen molar-refractivity contribution in [2.75, 3.05) is 6.54 Å². The van der Waals surface area contributed by atoms with Crippen LogP contribution in [0.3, 0.4) is 0 Å². The summed E-state index contributed by atoms with van der Waals surface area (Å²) in [4.78, 5) is -0.0280. The zero-order valence-corrected chi connectivity index (χ0v) is 12.9. The fourth-order valence-electron chi connectivity index (χ4n) is 2.53. The molecule has 0 aliphatic heterocycles. The molecule has 1 saturated carbocycles. The Bertz CT molecular complexity index is 644. The Hall–Kier alpha value is -1.09. The minimum Gasteiger partial charge on any atom is -0.211 e. The van der Waals surface area contributed by atoms with E-state index >= 15 is 0 Å². The molecule has 1 aromatic rings. The molecule has 1 fully saturated rings. The summed E-state index contributed by atoms with van der Waals surface area (Å²) in [6.45, 7) is 2.50. The van der Waals surface area contributed by atoms with Crippen LogP contribution in [0.15, 0.2) is 23.1 Å². The molecule has 1 aliphatic rings. The average molecular weight is 313 g/mol. The predicted molar refractivity (Wildman–Crippen MR) is 77.9 cm³/mol. The Morgan fingerprint density at radius 2 is 2.05 bits per heavy atom. The van der Waals surface area contributed by atoms with Crippen LogP contribution < -0.4 is 4.72 Å². The van der Waals surface area contributed by atoms with E-state index in [1.54, 1.807) is 0 Å². The SMILES string of the molecule is CC1(CNS(=O)(=O)c2cc(C#N)ccc2Cl)CCCC1. The summed E-state index contributed by atoms with van der Waals surface area (Å²) in [6.07, 6.45) is 4.34. The molecule has 0 aromatic heterocycles. The largest absolute Gasteiger partial charge is 0.242 e. The monoisotopic (exact) mass is 312 g/mol. The van der Waals surface area contributed by atoms with Crippen molar-refractivity contribution in [1.82, 2.24) is 4.72 Å². The predicted octanol–water partition coefficient (Wildman–Crippen LogP) is 3.07. The molecule has 108 valence electrons. The third kappa shape index (κ3) is 3.32. The fourth-order valence-corrected chi connectivity index (χ4v) is 4.25. The lowest BCUT2D eigenvalue weighted by atomic mass is 9.89. The van der Waals surface area contributed by atoms with Crippen LogP contribution in [0.2, 0.25) is 5.02 Å². The van der Waals surface area contributed by atoms with E-state index in [9.17, 15) is 8.42 Å². The second-order valence-corrected chi connectivity index (χ2v) is 7.74. The van der Waals surface area contributed by atoms with Gasteiger partial charge >= 0.3 is 0 Å². The Balaban J connectivity index is 2.20. The van der Waals surface area contributed by atoms with Crippen molar-refractivity contribution in [3.05, 3.63) is 28.8 Å². The van der Waals surface area contributed by atoms with E-state index in [1.165, 1.54) is 18.2 Å². The molecule has 0 atom stereocenters. The van der Waals surface area contributed by atoms with Gasteiger partial charge in [-0.15, -0.1) is 0 Å². The van der Waals surface area contributed by atoms with Gasteiger partial charge in [-0.05, 0) is 36.5 Å². The lowest BCUT2D eigenvalue weighted by molar-refractivity contribution is 0.336. The van der Waals surface area contributed by atoms with Crippen LogP contribution in [0.1, 0.15) is 38.2 Å². The molecule has 6 heteroatoms. The second-order valence-electron chi connectivity index (χ2n) is 5.60. The van der Waals surface area contributed by atoms with Crippen LogP contribution in [-0.4, -0.2) is 15.0 Å². The van der Waals surface area contributed by atoms with Crippen LogP contribution in [0.5, 0.6) is 0 Å². The number of nitrogens with zero attached hydrogens (tertiary/aromatic N) is 1. The number of hydrogen-bond donors (Lipinski definition) is 1. The van der Waals surface area contributed by atoms with Crippen LogP contribution in [-0.2, 0) is 10.0 Å². The van der Waals surface area contributed by atoms with Crippen LogP contribution in [0.25, 0.3) is 0 Å². The summed E-state index contributed by atoms with van der Waals surface area (Å²) in [5.74, 6) is 0. The number of nitrogens with one attached hydrogen (secondary N) is 1. The maximum atomic E-state index is 12.3. The molecule has 0 unspecified atom stereocenters. The highest BCUT2D eigenvalue weighted by Gasteiger charge is 2.30. The lowest BCUT2D eigenvalue weighted by Gasteiger charge is -2.23. The van der Waals surface area contributed by atoms with Crippen molar-refractivity contribution in [3.8, 4) is 6.07 Å². The van der Waals surface area contributed by atoms with Gasteiger partial charge in [0.2, 0.25) is 10.0 Å². The molecule has 1 aromatic carbocycles.